The van der Waals surface area contributed by atoms with Gasteiger partial charge in [0.1, 0.15) is 5.75 Å². The average Bonchev–Trinajstić information content (AvgIpc) is 2.34. The molecule has 0 bridgehead atoms. The minimum atomic E-state index is 0.713. The van der Waals surface area contributed by atoms with Crippen molar-refractivity contribution in [1.29, 1.82) is 0 Å². The maximum absolute atomic E-state index is 5.93. The van der Waals surface area contributed by atoms with Crippen LogP contribution >= 0.6 is 0 Å². The Kier molecular flexibility index (Phi) is 6.18. The molecule has 0 saturated carbocycles. The summed E-state index contributed by atoms with van der Waals surface area (Å²) in [7, 11) is 0. The summed E-state index contributed by atoms with van der Waals surface area (Å²) in [5.74, 6) is 0.787. The van der Waals surface area contributed by atoms with Crippen LogP contribution < -0.4 is 15.8 Å². The number of hydrogen-bond donors (Lipinski definition) is 2. The van der Waals surface area contributed by atoms with Crippen molar-refractivity contribution < 1.29 is 4.74 Å². The van der Waals surface area contributed by atoms with Gasteiger partial charge in [-0.1, -0.05) is 19.1 Å². The number of benzene rings is 1. The van der Waals surface area contributed by atoms with Crippen molar-refractivity contribution in [3.63, 3.8) is 0 Å². The highest BCUT2D eigenvalue weighted by atomic mass is 16.5. The number of nitrogen functional groups attached to an aromatic ring is 1. The highest BCUT2D eigenvalue weighted by Crippen LogP contribution is 2.22. The van der Waals surface area contributed by atoms with Crippen molar-refractivity contribution in [2.24, 2.45) is 0 Å². The average molecular weight is 234 g/mol. The van der Waals surface area contributed by atoms with E-state index in [1.807, 2.05) is 18.2 Å². The zero-order chi connectivity index (χ0) is 12.5. The van der Waals surface area contributed by atoms with Crippen molar-refractivity contribution >= 4 is 5.69 Å². The first-order valence-electron chi connectivity index (χ1n) is 6.10. The van der Waals surface area contributed by atoms with Crippen LogP contribution in [0.25, 0.3) is 0 Å². The lowest BCUT2D eigenvalue weighted by Gasteiger charge is -2.09. The summed E-state index contributed by atoms with van der Waals surface area (Å²) in [6, 6.07) is 6.01. The predicted molar refractivity (Wildman–Crippen MR) is 73.4 cm³/mol. The summed E-state index contributed by atoms with van der Waals surface area (Å²) >= 11 is 0. The van der Waals surface area contributed by atoms with Crippen molar-refractivity contribution in [2.45, 2.75) is 19.8 Å². The van der Waals surface area contributed by atoms with E-state index in [1.165, 1.54) is 5.56 Å². The zero-order valence-electron chi connectivity index (χ0n) is 10.5. The third-order valence-electron chi connectivity index (χ3n) is 2.42. The first-order chi connectivity index (χ1) is 8.27. The van der Waals surface area contributed by atoms with Crippen LogP contribution in [0.15, 0.2) is 30.9 Å². The van der Waals surface area contributed by atoms with Gasteiger partial charge in [-0.15, -0.1) is 6.58 Å². The van der Waals surface area contributed by atoms with Crippen molar-refractivity contribution in [2.75, 3.05) is 25.4 Å². The SMILES string of the molecule is C=CCNCCc1ccc(OCCC)c(N)c1. The molecule has 3 nitrogen and oxygen atoms in total. The molecule has 0 saturated heterocycles. The van der Waals surface area contributed by atoms with E-state index in [0.29, 0.717) is 6.61 Å². The minimum absolute atomic E-state index is 0.713. The smallest absolute Gasteiger partial charge is 0.142 e. The van der Waals surface area contributed by atoms with Crippen LogP contribution in [0.3, 0.4) is 0 Å². The molecule has 1 aromatic carbocycles. The fourth-order valence-electron chi connectivity index (χ4n) is 1.53. The predicted octanol–water partition coefficient (Wildman–Crippen LogP) is 2.38. The standard InChI is InChI=1S/C14H22N2O/c1-3-8-16-9-7-12-5-6-14(13(15)11-12)17-10-4-2/h3,5-6,11,16H,1,4,7-10,15H2,2H3. The molecule has 0 heterocycles. The molecule has 1 rings (SSSR count). The monoisotopic (exact) mass is 234 g/mol. The molecule has 0 unspecified atom stereocenters. The number of nitrogens with one attached hydrogen (secondary N) is 1. The van der Waals surface area contributed by atoms with Gasteiger partial charge < -0.3 is 15.8 Å². The van der Waals surface area contributed by atoms with Gasteiger partial charge in [0.2, 0.25) is 0 Å². The van der Waals surface area contributed by atoms with E-state index >= 15 is 0 Å². The van der Waals surface area contributed by atoms with Gasteiger partial charge in [0.05, 0.1) is 12.3 Å². The van der Waals surface area contributed by atoms with Gasteiger partial charge in [-0.05, 0) is 37.1 Å². The number of anilines is 1. The molecule has 0 aliphatic rings. The van der Waals surface area contributed by atoms with E-state index in [1.54, 1.807) is 0 Å². The number of rotatable bonds is 8. The van der Waals surface area contributed by atoms with Crippen LogP contribution in [0.4, 0.5) is 5.69 Å². The first kappa shape index (κ1) is 13.6. The van der Waals surface area contributed by atoms with Gasteiger partial charge in [0.15, 0.2) is 0 Å². The van der Waals surface area contributed by atoms with Crippen LogP contribution in [0.2, 0.25) is 0 Å². The summed E-state index contributed by atoms with van der Waals surface area (Å²) in [4.78, 5) is 0. The quantitative estimate of drug-likeness (QED) is 0.412. The molecule has 0 radical (unpaired) electrons. The summed E-state index contributed by atoms with van der Waals surface area (Å²) in [5, 5.41) is 3.26. The third kappa shape index (κ3) is 4.91. The van der Waals surface area contributed by atoms with Gasteiger partial charge in [0.25, 0.3) is 0 Å². The van der Waals surface area contributed by atoms with E-state index in [4.69, 9.17) is 10.5 Å². The minimum Gasteiger partial charge on any atom is -0.491 e. The Morgan fingerprint density at radius 1 is 1.47 bits per heavy atom. The highest BCUT2D eigenvalue weighted by Gasteiger charge is 2.01. The molecule has 0 aliphatic carbocycles. The second-order valence-corrected chi connectivity index (χ2v) is 3.96. The topological polar surface area (TPSA) is 47.3 Å². The number of hydrogen-bond acceptors (Lipinski definition) is 3. The Hall–Kier alpha value is -1.48. The lowest BCUT2D eigenvalue weighted by Crippen LogP contribution is -2.16. The van der Waals surface area contributed by atoms with Crippen LogP contribution in [-0.2, 0) is 6.42 Å². The largest absolute Gasteiger partial charge is 0.491 e. The fourth-order valence-corrected chi connectivity index (χ4v) is 1.53. The Morgan fingerprint density at radius 3 is 2.94 bits per heavy atom. The molecular weight excluding hydrogens is 212 g/mol. The molecule has 17 heavy (non-hydrogen) atoms. The van der Waals surface area contributed by atoms with Crippen LogP contribution in [0, 0.1) is 0 Å². The van der Waals surface area contributed by atoms with Crippen LogP contribution in [0.1, 0.15) is 18.9 Å². The van der Waals surface area contributed by atoms with E-state index in [2.05, 4.69) is 24.9 Å². The highest BCUT2D eigenvalue weighted by molar-refractivity contribution is 5.54. The molecule has 0 amide bonds. The van der Waals surface area contributed by atoms with E-state index < -0.39 is 0 Å². The summed E-state index contributed by atoms with van der Waals surface area (Å²) in [6.07, 6.45) is 3.81. The molecule has 0 atom stereocenters. The Balaban J connectivity index is 2.47. The first-order valence-corrected chi connectivity index (χ1v) is 6.10. The van der Waals surface area contributed by atoms with Crippen molar-refractivity contribution in [3.05, 3.63) is 36.4 Å². The Morgan fingerprint density at radius 2 is 2.29 bits per heavy atom. The molecule has 3 heteroatoms. The molecule has 0 aliphatic heterocycles. The summed E-state index contributed by atoms with van der Waals surface area (Å²) in [5.41, 5.74) is 7.88. The summed E-state index contributed by atoms with van der Waals surface area (Å²) < 4.78 is 5.53. The van der Waals surface area contributed by atoms with Gasteiger partial charge >= 0.3 is 0 Å². The number of nitrogens with two attached hydrogens (primary N) is 1. The molecule has 0 spiro atoms. The Bertz CT molecular complexity index is 350. The fraction of sp³-hybridized carbons (Fsp3) is 0.429. The molecule has 94 valence electrons. The van der Waals surface area contributed by atoms with Gasteiger partial charge in [-0.2, -0.15) is 0 Å². The number of ether oxygens (including phenoxy) is 1. The second kappa shape index (κ2) is 7.74. The van der Waals surface area contributed by atoms with E-state index in [9.17, 15) is 0 Å². The summed E-state index contributed by atoms with van der Waals surface area (Å²) in [6.45, 7) is 8.22. The second-order valence-electron chi connectivity index (χ2n) is 3.96. The van der Waals surface area contributed by atoms with Crippen LogP contribution in [-0.4, -0.2) is 19.7 Å². The molecular formula is C14H22N2O. The molecule has 1 aromatic rings. The molecule has 0 aromatic heterocycles. The maximum atomic E-state index is 5.93. The normalized spacial score (nSPS) is 10.2. The van der Waals surface area contributed by atoms with E-state index in [-0.39, 0.29) is 0 Å². The van der Waals surface area contributed by atoms with Gasteiger partial charge in [0, 0.05) is 6.54 Å². The van der Waals surface area contributed by atoms with E-state index in [0.717, 1.165) is 37.4 Å². The van der Waals surface area contributed by atoms with Gasteiger partial charge in [-0.25, -0.2) is 0 Å². The third-order valence-corrected chi connectivity index (χ3v) is 2.42. The van der Waals surface area contributed by atoms with Crippen molar-refractivity contribution in [3.8, 4) is 5.75 Å². The van der Waals surface area contributed by atoms with Crippen LogP contribution in [0.5, 0.6) is 5.75 Å². The van der Waals surface area contributed by atoms with Gasteiger partial charge in [-0.3, -0.25) is 0 Å². The molecule has 3 N–H and O–H groups in total. The molecule has 0 fully saturated rings. The maximum Gasteiger partial charge on any atom is 0.142 e. The lowest BCUT2D eigenvalue weighted by atomic mass is 10.1. The zero-order valence-corrected chi connectivity index (χ0v) is 10.5. The Labute approximate surface area is 104 Å². The lowest BCUT2D eigenvalue weighted by molar-refractivity contribution is 0.319. The van der Waals surface area contributed by atoms with Crippen molar-refractivity contribution in [1.82, 2.24) is 5.32 Å².